The first-order valence-corrected chi connectivity index (χ1v) is 6.19. The second kappa shape index (κ2) is 3.98. The molecule has 0 fully saturated rings. The van der Waals surface area contributed by atoms with Crippen molar-refractivity contribution >= 4 is 11.0 Å². The number of rotatable bonds is 1. The van der Waals surface area contributed by atoms with Gasteiger partial charge in [-0.25, -0.2) is 4.98 Å². The largest absolute Gasteiger partial charge is 0.296 e. The third kappa shape index (κ3) is 1.53. The Labute approximate surface area is 107 Å². The van der Waals surface area contributed by atoms with Crippen molar-refractivity contribution in [2.75, 3.05) is 0 Å². The SMILES string of the molecule is Cc1ccccc1-n1c(C)nc2cccc(C)c21. The molecule has 0 bridgehead atoms. The molecule has 0 N–H and O–H groups in total. The molecular weight excluding hydrogens is 220 g/mol. The number of imidazole rings is 1. The van der Waals surface area contributed by atoms with Gasteiger partial charge in [-0.15, -0.1) is 0 Å². The second-order valence-electron chi connectivity index (χ2n) is 4.72. The summed E-state index contributed by atoms with van der Waals surface area (Å²) in [6, 6.07) is 14.7. The average Bonchev–Trinajstić information content (AvgIpc) is 2.68. The van der Waals surface area contributed by atoms with Crippen molar-refractivity contribution in [2.24, 2.45) is 0 Å². The maximum atomic E-state index is 4.65. The molecule has 2 heteroatoms. The number of para-hydroxylation sites is 2. The molecule has 0 amide bonds. The van der Waals surface area contributed by atoms with Gasteiger partial charge in [-0.3, -0.25) is 4.57 Å². The van der Waals surface area contributed by atoms with E-state index >= 15 is 0 Å². The molecule has 0 unspecified atom stereocenters. The number of benzene rings is 2. The highest BCUT2D eigenvalue weighted by atomic mass is 15.1. The first kappa shape index (κ1) is 11.0. The molecule has 0 saturated heterocycles. The van der Waals surface area contributed by atoms with Crippen LogP contribution in [0.5, 0.6) is 0 Å². The molecule has 0 aliphatic heterocycles. The summed E-state index contributed by atoms with van der Waals surface area (Å²) in [6.07, 6.45) is 0. The zero-order chi connectivity index (χ0) is 12.7. The van der Waals surface area contributed by atoms with Gasteiger partial charge in [0.1, 0.15) is 5.82 Å². The van der Waals surface area contributed by atoms with Gasteiger partial charge in [-0.2, -0.15) is 0 Å². The highest BCUT2D eigenvalue weighted by Gasteiger charge is 2.11. The van der Waals surface area contributed by atoms with Crippen LogP contribution in [0.4, 0.5) is 0 Å². The van der Waals surface area contributed by atoms with E-state index in [1.807, 2.05) is 0 Å². The summed E-state index contributed by atoms with van der Waals surface area (Å²) in [4.78, 5) is 4.65. The molecule has 0 radical (unpaired) electrons. The lowest BCUT2D eigenvalue weighted by atomic mass is 10.1. The van der Waals surface area contributed by atoms with Gasteiger partial charge in [0.25, 0.3) is 0 Å². The minimum atomic E-state index is 1.04. The van der Waals surface area contributed by atoms with Gasteiger partial charge in [0.05, 0.1) is 16.7 Å². The van der Waals surface area contributed by atoms with E-state index in [0.717, 1.165) is 11.3 Å². The Hall–Kier alpha value is -2.09. The topological polar surface area (TPSA) is 17.8 Å². The van der Waals surface area contributed by atoms with E-state index in [-0.39, 0.29) is 0 Å². The Morgan fingerprint density at radius 1 is 0.833 bits per heavy atom. The summed E-state index contributed by atoms with van der Waals surface area (Å²) >= 11 is 0. The van der Waals surface area contributed by atoms with E-state index in [1.165, 1.54) is 22.3 Å². The van der Waals surface area contributed by atoms with Crippen molar-refractivity contribution in [2.45, 2.75) is 20.8 Å². The van der Waals surface area contributed by atoms with Crippen molar-refractivity contribution in [1.82, 2.24) is 9.55 Å². The highest BCUT2D eigenvalue weighted by Crippen LogP contribution is 2.25. The van der Waals surface area contributed by atoms with Crippen LogP contribution in [0.2, 0.25) is 0 Å². The van der Waals surface area contributed by atoms with Crippen LogP contribution in [0.25, 0.3) is 16.7 Å². The van der Waals surface area contributed by atoms with Crippen LogP contribution in [0.15, 0.2) is 42.5 Å². The number of aromatic nitrogens is 2. The first-order valence-electron chi connectivity index (χ1n) is 6.19. The predicted molar refractivity (Wildman–Crippen MR) is 75.3 cm³/mol. The molecule has 18 heavy (non-hydrogen) atoms. The van der Waals surface area contributed by atoms with Crippen molar-refractivity contribution in [3.63, 3.8) is 0 Å². The van der Waals surface area contributed by atoms with Crippen molar-refractivity contribution < 1.29 is 0 Å². The van der Waals surface area contributed by atoms with E-state index in [2.05, 4.69) is 72.8 Å². The van der Waals surface area contributed by atoms with E-state index in [9.17, 15) is 0 Å². The number of hydrogen-bond acceptors (Lipinski definition) is 1. The van der Waals surface area contributed by atoms with Crippen LogP contribution in [0, 0.1) is 20.8 Å². The van der Waals surface area contributed by atoms with Crippen molar-refractivity contribution in [3.05, 3.63) is 59.4 Å². The zero-order valence-electron chi connectivity index (χ0n) is 10.9. The maximum Gasteiger partial charge on any atom is 0.111 e. The number of hydrogen-bond donors (Lipinski definition) is 0. The average molecular weight is 236 g/mol. The summed E-state index contributed by atoms with van der Waals surface area (Å²) in [7, 11) is 0. The minimum absolute atomic E-state index is 1.04. The third-order valence-corrected chi connectivity index (χ3v) is 3.40. The molecule has 3 rings (SSSR count). The van der Waals surface area contributed by atoms with Crippen molar-refractivity contribution in [3.8, 4) is 5.69 Å². The fourth-order valence-corrected chi connectivity index (χ4v) is 2.52. The summed E-state index contributed by atoms with van der Waals surface area (Å²) in [5.74, 6) is 1.04. The fourth-order valence-electron chi connectivity index (χ4n) is 2.52. The Balaban J connectivity index is 2.43. The maximum absolute atomic E-state index is 4.65. The second-order valence-corrected chi connectivity index (χ2v) is 4.72. The standard InChI is InChI=1S/C16H16N2/c1-11-7-4-5-10-15(11)18-13(3)17-14-9-6-8-12(2)16(14)18/h4-10H,1-3H3. The molecule has 0 atom stereocenters. The molecule has 0 aliphatic carbocycles. The normalized spacial score (nSPS) is 11.1. The van der Waals surface area contributed by atoms with Crippen LogP contribution in [-0.4, -0.2) is 9.55 Å². The van der Waals surface area contributed by atoms with Crippen LogP contribution in [0.1, 0.15) is 17.0 Å². The fraction of sp³-hybridized carbons (Fsp3) is 0.188. The van der Waals surface area contributed by atoms with Gasteiger partial charge in [0.15, 0.2) is 0 Å². The van der Waals surface area contributed by atoms with E-state index in [1.54, 1.807) is 0 Å². The quantitative estimate of drug-likeness (QED) is 0.625. The lowest BCUT2D eigenvalue weighted by Crippen LogP contribution is -2.00. The molecule has 3 aromatic rings. The third-order valence-electron chi connectivity index (χ3n) is 3.40. The molecule has 1 heterocycles. The van der Waals surface area contributed by atoms with Gasteiger partial charge in [0.2, 0.25) is 0 Å². The van der Waals surface area contributed by atoms with Gasteiger partial charge < -0.3 is 0 Å². The zero-order valence-corrected chi connectivity index (χ0v) is 10.9. The number of nitrogens with zero attached hydrogens (tertiary/aromatic N) is 2. The lowest BCUT2D eigenvalue weighted by molar-refractivity contribution is 0.987. The van der Waals surface area contributed by atoms with E-state index in [0.29, 0.717) is 0 Å². The van der Waals surface area contributed by atoms with Gasteiger partial charge in [0, 0.05) is 0 Å². The van der Waals surface area contributed by atoms with Crippen LogP contribution in [0.3, 0.4) is 0 Å². The van der Waals surface area contributed by atoms with Crippen LogP contribution < -0.4 is 0 Å². The van der Waals surface area contributed by atoms with Crippen LogP contribution >= 0.6 is 0 Å². The predicted octanol–water partition coefficient (Wildman–Crippen LogP) is 3.95. The molecule has 0 aliphatic rings. The first-order chi connectivity index (χ1) is 8.68. The Morgan fingerprint density at radius 3 is 2.33 bits per heavy atom. The monoisotopic (exact) mass is 236 g/mol. The molecule has 2 aromatic carbocycles. The molecule has 1 aromatic heterocycles. The van der Waals surface area contributed by atoms with Gasteiger partial charge in [-0.05, 0) is 44.0 Å². The number of aryl methyl sites for hydroxylation is 3. The molecule has 90 valence electrons. The Morgan fingerprint density at radius 2 is 1.56 bits per heavy atom. The van der Waals surface area contributed by atoms with Crippen LogP contribution in [-0.2, 0) is 0 Å². The Kier molecular flexibility index (Phi) is 2.44. The minimum Gasteiger partial charge on any atom is -0.296 e. The van der Waals surface area contributed by atoms with E-state index in [4.69, 9.17) is 0 Å². The lowest BCUT2D eigenvalue weighted by Gasteiger charge is -2.11. The van der Waals surface area contributed by atoms with Gasteiger partial charge >= 0.3 is 0 Å². The molecular formula is C16H16N2. The Bertz CT molecular complexity index is 723. The van der Waals surface area contributed by atoms with E-state index < -0.39 is 0 Å². The molecule has 2 nitrogen and oxygen atoms in total. The summed E-state index contributed by atoms with van der Waals surface area (Å²) < 4.78 is 2.25. The summed E-state index contributed by atoms with van der Waals surface area (Å²) in [6.45, 7) is 6.34. The molecule has 0 spiro atoms. The summed E-state index contributed by atoms with van der Waals surface area (Å²) in [5, 5.41) is 0. The summed E-state index contributed by atoms with van der Waals surface area (Å²) in [5.41, 5.74) is 6.02. The van der Waals surface area contributed by atoms with Crippen molar-refractivity contribution in [1.29, 1.82) is 0 Å². The van der Waals surface area contributed by atoms with Gasteiger partial charge in [-0.1, -0.05) is 30.3 Å². The number of fused-ring (bicyclic) bond motifs is 1. The smallest absolute Gasteiger partial charge is 0.111 e. The molecule has 0 saturated carbocycles. The highest BCUT2D eigenvalue weighted by molar-refractivity contribution is 5.81.